The van der Waals surface area contributed by atoms with E-state index in [1.54, 1.807) is 0 Å². The summed E-state index contributed by atoms with van der Waals surface area (Å²) in [5.41, 5.74) is 0. The van der Waals surface area contributed by atoms with Gasteiger partial charge in [0.15, 0.2) is 0 Å². The van der Waals surface area contributed by atoms with E-state index in [2.05, 4.69) is 13.8 Å². The third kappa shape index (κ3) is 19.6. The van der Waals surface area contributed by atoms with Crippen molar-refractivity contribution in [2.45, 2.75) is 154 Å². The Balaban J connectivity index is 3.45. The van der Waals surface area contributed by atoms with Gasteiger partial charge in [-0.25, -0.2) is 0 Å². The lowest BCUT2D eigenvalue weighted by Gasteiger charge is -2.13. The van der Waals surface area contributed by atoms with E-state index in [4.69, 9.17) is 0 Å². The standard InChI is InChI=1S/C24H50O4S/c1-3-5-16-21-24(29(26,27)28)22-18-15-13-11-9-7-8-10-12-14-17-20-23(25)19-6-4-2/h23-25H,3-22H2,1-2H3,(H,26,27,28). The van der Waals surface area contributed by atoms with Crippen molar-refractivity contribution in [1.29, 1.82) is 0 Å². The van der Waals surface area contributed by atoms with E-state index in [-0.39, 0.29) is 6.10 Å². The molecule has 0 radical (unpaired) electrons. The van der Waals surface area contributed by atoms with Crippen molar-refractivity contribution >= 4 is 10.1 Å². The highest BCUT2D eigenvalue weighted by Gasteiger charge is 2.21. The second kappa shape index (κ2) is 19.8. The predicted octanol–water partition coefficient (Wildman–Crippen LogP) is 7.45. The highest BCUT2D eigenvalue weighted by molar-refractivity contribution is 7.86. The van der Waals surface area contributed by atoms with Crippen LogP contribution in [0.15, 0.2) is 0 Å². The summed E-state index contributed by atoms with van der Waals surface area (Å²) < 4.78 is 32.3. The van der Waals surface area contributed by atoms with Gasteiger partial charge in [-0.3, -0.25) is 4.55 Å². The minimum absolute atomic E-state index is 0.0842. The van der Waals surface area contributed by atoms with Gasteiger partial charge in [-0.05, 0) is 25.7 Å². The van der Waals surface area contributed by atoms with Crippen LogP contribution < -0.4 is 0 Å². The quantitative estimate of drug-likeness (QED) is 0.137. The van der Waals surface area contributed by atoms with Crippen LogP contribution in [0.25, 0.3) is 0 Å². The smallest absolute Gasteiger partial charge is 0.267 e. The molecule has 2 unspecified atom stereocenters. The summed E-state index contributed by atoms with van der Waals surface area (Å²) >= 11 is 0. The van der Waals surface area contributed by atoms with Gasteiger partial charge in [-0.2, -0.15) is 8.42 Å². The second-order valence-electron chi connectivity index (χ2n) is 8.90. The molecule has 0 aromatic carbocycles. The number of hydrogen-bond donors (Lipinski definition) is 2. The summed E-state index contributed by atoms with van der Waals surface area (Å²) in [7, 11) is -3.88. The van der Waals surface area contributed by atoms with Crippen molar-refractivity contribution in [3.05, 3.63) is 0 Å². The molecule has 0 aliphatic rings. The Morgan fingerprint density at radius 3 is 1.31 bits per heavy atom. The van der Waals surface area contributed by atoms with Crippen molar-refractivity contribution in [2.75, 3.05) is 0 Å². The fourth-order valence-electron chi connectivity index (χ4n) is 3.99. The highest BCUT2D eigenvalue weighted by atomic mass is 32.2. The first kappa shape index (κ1) is 28.9. The molecule has 176 valence electrons. The van der Waals surface area contributed by atoms with Gasteiger partial charge >= 0.3 is 0 Å². The molecule has 0 aromatic rings. The monoisotopic (exact) mass is 434 g/mol. The Morgan fingerprint density at radius 1 is 0.552 bits per heavy atom. The molecule has 0 saturated heterocycles. The van der Waals surface area contributed by atoms with Gasteiger partial charge in [-0.15, -0.1) is 0 Å². The second-order valence-corrected chi connectivity index (χ2v) is 10.6. The Bertz CT molecular complexity index is 436. The first-order valence-corrected chi connectivity index (χ1v) is 14.1. The van der Waals surface area contributed by atoms with Crippen LogP contribution in [0.2, 0.25) is 0 Å². The lowest BCUT2D eigenvalue weighted by molar-refractivity contribution is 0.148. The van der Waals surface area contributed by atoms with Crippen LogP contribution in [0.3, 0.4) is 0 Å². The molecule has 0 heterocycles. The van der Waals surface area contributed by atoms with Crippen molar-refractivity contribution in [3.8, 4) is 0 Å². The average molecular weight is 435 g/mol. The number of aliphatic hydroxyl groups is 1. The van der Waals surface area contributed by atoms with Gasteiger partial charge in [-0.1, -0.05) is 117 Å². The molecule has 2 atom stereocenters. The van der Waals surface area contributed by atoms with E-state index in [1.807, 2.05) is 0 Å². The maximum atomic E-state index is 11.5. The van der Waals surface area contributed by atoms with Crippen molar-refractivity contribution in [1.82, 2.24) is 0 Å². The zero-order valence-electron chi connectivity index (χ0n) is 19.4. The summed E-state index contributed by atoms with van der Waals surface area (Å²) in [6.45, 7) is 4.27. The first-order chi connectivity index (χ1) is 13.9. The fourth-order valence-corrected chi connectivity index (χ4v) is 4.92. The summed E-state index contributed by atoms with van der Waals surface area (Å²) in [5.74, 6) is 0. The molecule has 0 aliphatic heterocycles. The van der Waals surface area contributed by atoms with Crippen LogP contribution in [-0.4, -0.2) is 29.4 Å². The fraction of sp³-hybridized carbons (Fsp3) is 1.00. The third-order valence-corrected chi connectivity index (χ3v) is 7.32. The average Bonchev–Trinajstić information content (AvgIpc) is 2.67. The molecule has 0 saturated carbocycles. The van der Waals surface area contributed by atoms with Gasteiger partial charge in [0.1, 0.15) is 0 Å². The van der Waals surface area contributed by atoms with Crippen molar-refractivity contribution in [2.24, 2.45) is 0 Å². The Labute approximate surface area is 182 Å². The molecule has 0 bridgehead atoms. The lowest BCUT2D eigenvalue weighted by Crippen LogP contribution is -2.20. The molecule has 0 spiro atoms. The number of rotatable bonds is 22. The van der Waals surface area contributed by atoms with Gasteiger partial charge in [0.05, 0.1) is 11.4 Å². The van der Waals surface area contributed by atoms with Crippen LogP contribution in [0.4, 0.5) is 0 Å². The van der Waals surface area contributed by atoms with Crippen LogP contribution in [0.1, 0.15) is 142 Å². The molecule has 5 heteroatoms. The van der Waals surface area contributed by atoms with Gasteiger partial charge < -0.3 is 5.11 Å². The molecule has 0 aliphatic carbocycles. The molecule has 29 heavy (non-hydrogen) atoms. The highest BCUT2D eigenvalue weighted by Crippen LogP contribution is 2.19. The zero-order chi connectivity index (χ0) is 21.8. The van der Waals surface area contributed by atoms with E-state index >= 15 is 0 Å². The molecule has 0 fully saturated rings. The van der Waals surface area contributed by atoms with Crippen LogP contribution in [-0.2, 0) is 10.1 Å². The van der Waals surface area contributed by atoms with Crippen LogP contribution >= 0.6 is 0 Å². The maximum absolute atomic E-state index is 11.5. The Hall–Kier alpha value is -0.130. The summed E-state index contributed by atoms with van der Waals surface area (Å²) in [5, 5.41) is 9.26. The SMILES string of the molecule is CCCCCC(CCCCCCCCCCCCCC(O)CCCC)S(=O)(=O)O. The number of unbranched alkanes of at least 4 members (excludes halogenated alkanes) is 13. The van der Waals surface area contributed by atoms with E-state index < -0.39 is 15.4 Å². The molecule has 0 rings (SSSR count). The van der Waals surface area contributed by atoms with Crippen LogP contribution in [0, 0.1) is 0 Å². The predicted molar refractivity (Wildman–Crippen MR) is 125 cm³/mol. The van der Waals surface area contributed by atoms with E-state index in [9.17, 15) is 18.1 Å². The zero-order valence-corrected chi connectivity index (χ0v) is 20.2. The lowest BCUT2D eigenvalue weighted by atomic mass is 10.0. The first-order valence-electron chi connectivity index (χ1n) is 12.6. The largest absolute Gasteiger partial charge is 0.393 e. The van der Waals surface area contributed by atoms with E-state index in [0.717, 1.165) is 57.8 Å². The third-order valence-electron chi connectivity index (χ3n) is 6.01. The van der Waals surface area contributed by atoms with E-state index in [1.165, 1.54) is 57.8 Å². The normalized spacial score (nSPS) is 14.2. The maximum Gasteiger partial charge on any atom is 0.267 e. The van der Waals surface area contributed by atoms with Crippen molar-refractivity contribution in [3.63, 3.8) is 0 Å². The molecule has 0 amide bonds. The molecule has 2 N–H and O–H groups in total. The molecular weight excluding hydrogens is 384 g/mol. The summed E-state index contributed by atoms with van der Waals surface area (Å²) in [4.78, 5) is 0. The molecule has 0 aromatic heterocycles. The van der Waals surface area contributed by atoms with Gasteiger partial charge in [0, 0.05) is 0 Å². The minimum atomic E-state index is -3.88. The van der Waals surface area contributed by atoms with Gasteiger partial charge in [0.25, 0.3) is 10.1 Å². The Kier molecular flexibility index (Phi) is 19.7. The number of aliphatic hydroxyl groups excluding tert-OH is 1. The summed E-state index contributed by atoms with van der Waals surface area (Å²) in [6, 6.07) is 0. The van der Waals surface area contributed by atoms with Gasteiger partial charge in [0.2, 0.25) is 0 Å². The van der Waals surface area contributed by atoms with Crippen LogP contribution in [0.5, 0.6) is 0 Å². The molecule has 4 nitrogen and oxygen atoms in total. The minimum Gasteiger partial charge on any atom is -0.393 e. The van der Waals surface area contributed by atoms with E-state index in [0.29, 0.717) is 12.8 Å². The topological polar surface area (TPSA) is 74.6 Å². The summed E-state index contributed by atoms with van der Waals surface area (Å²) in [6.07, 6.45) is 21.6. The number of hydrogen-bond acceptors (Lipinski definition) is 3. The molecular formula is C24H50O4S. The Morgan fingerprint density at radius 2 is 0.897 bits per heavy atom. The van der Waals surface area contributed by atoms with Crippen molar-refractivity contribution < 1.29 is 18.1 Å².